The van der Waals surface area contributed by atoms with E-state index < -0.39 is 5.97 Å². The molecule has 0 radical (unpaired) electrons. The Labute approximate surface area is 195 Å². The predicted molar refractivity (Wildman–Crippen MR) is 128 cm³/mol. The van der Waals surface area contributed by atoms with Crippen LogP contribution in [-0.4, -0.2) is 27.1 Å². The Morgan fingerprint density at radius 1 is 1.15 bits per heavy atom. The number of unbranched alkanes of at least 4 members (excludes halogenated alkanes) is 1. The lowest BCUT2D eigenvalue weighted by atomic mass is 9.77. The molecule has 1 N–H and O–H groups in total. The van der Waals surface area contributed by atoms with Crippen molar-refractivity contribution in [3.63, 3.8) is 0 Å². The van der Waals surface area contributed by atoms with Crippen LogP contribution in [0.25, 0.3) is 22.4 Å². The van der Waals surface area contributed by atoms with Crippen LogP contribution in [0.3, 0.4) is 0 Å². The number of nitrogens with zero attached hydrogens (tertiary/aromatic N) is 2. The van der Waals surface area contributed by atoms with Crippen molar-refractivity contribution in [3.8, 4) is 17.2 Å². The summed E-state index contributed by atoms with van der Waals surface area (Å²) >= 11 is 0. The first-order chi connectivity index (χ1) is 16.1. The largest absolute Gasteiger partial charge is 0.481 e. The molecule has 0 aliphatic heterocycles. The Bertz CT molecular complexity index is 1050. The molecule has 1 aromatic carbocycles. The number of carbonyl (C=O) groups is 1. The average molecular weight is 451 g/mol. The van der Waals surface area contributed by atoms with Crippen LogP contribution in [0.2, 0.25) is 0 Å². The Morgan fingerprint density at radius 2 is 1.91 bits per heavy atom. The number of furan rings is 1. The third-order valence-electron chi connectivity index (χ3n) is 6.92. The van der Waals surface area contributed by atoms with E-state index in [2.05, 4.69) is 29.0 Å². The molecule has 0 amide bonds. The lowest BCUT2D eigenvalue weighted by Crippen LogP contribution is -2.15. The van der Waals surface area contributed by atoms with Crippen LogP contribution in [0.1, 0.15) is 83.1 Å². The quantitative estimate of drug-likeness (QED) is 0.335. The predicted octanol–water partition coefficient (Wildman–Crippen LogP) is 6.99. The fourth-order valence-electron chi connectivity index (χ4n) is 5.03. The summed E-state index contributed by atoms with van der Waals surface area (Å²) in [4.78, 5) is 19.7. The van der Waals surface area contributed by atoms with Gasteiger partial charge in [0.2, 0.25) is 11.6 Å². The van der Waals surface area contributed by atoms with E-state index in [1.54, 1.807) is 0 Å². The molecule has 1 saturated carbocycles. The zero-order valence-electron chi connectivity index (χ0n) is 19.6. The molecule has 0 unspecified atom stereocenters. The number of hydrogen-bond acceptors (Lipinski definition) is 5. The first kappa shape index (κ1) is 23.3. The summed E-state index contributed by atoms with van der Waals surface area (Å²) in [6.45, 7) is 4.30. The van der Waals surface area contributed by atoms with Crippen LogP contribution in [0, 0.1) is 5.92 Å². The summed E-state index contributed by atoms with van der Waals surface area (Å²) in [6.07, 6.45) is 9.81. The second-order valence-corrected chi connectivity index (χ2v) is 9.26. The van der Waals surface area contributed by atoms with E-state index in [1.165, 1.54) is 31.2 Å². The minimum atomic E-state index is -0.754. The van der Waals surface area contributed by atoms with Gasteiger partial charge in [-0.05, 0) is 63.7 Å². The van der Waals surface area contributed by atoms with Crippen molar-refractivity contribution in [2.45, 2.75) is 83.7 Å². The highest BCUT2D eigenvalue weighted by Gasteiger charge is 2.30. The number of aromatic nitrogens is 2. The molecule has 0 saturated heterocycles. The van der Waals surface area contributed by atoms with Crippen LogP contribution >= 0.6 is 0 Å². The maximum Gasteiger partial charge on any atom is 0.303 e. The van der Waals surface area contributed by atoms with Gasteiger partial charge in [0.25, 0.3) is 0 Å². The molecule has 0 bridgehead atoms. The maximum absolute atomic E-state index is 10.8. The number of carboxylic acid groups (broad SMARTS) is 1. The summed E-state index contributed by atoms with van der Waals surface area (Å²) < 4.78 is 12.6. The van der Waals surface area contributed by atoms with Crippen molar-refractivity contribution in [3.05, 3.63) is 42.2 Å². The lowest BCUT2D eigenvalue weighted by molar-refractivity contribution is -0.137. The Morgan fingerprint density at radius 3 is 2.61 bits per heavy atom. The van der Waals surface area contributed by atoms with Crippen molar-refractivity contribution in [2.24, 2.45) is 5.92 Å². The minimum Gasteiger partial charge on any atom is -0.481 e. The van der Waals surface area contributed by atoms with E-state index in [1.807, 2.05) is 25.1 Å². The number of aliphatic carboxylic acids is 1. The molecule has 33 heavy (non-hydrogen) atoms. The van der Waals surface area contributed by atoms with Crippen molar-refractivity contribution in [2.75, 3.05) is 0 Å². The molecule has 0 spiro atoms. The third kappa shape index (κ3) is 5.55. The first-order valence-electron chi connectivity index (χ1n) is 12.3. The van der Waals surface area contributed by atoms with Gasteiger partial charge in [-0.15, -0.1) is 0 Å². The van der Waals surface area contributed by atoms with Gasteiger partial charge in [-0.3, -0.25) is 4.79 Å². The maximum atomic E-state index is 10.8. The van der Waals surface area contributed by atoms with E-state index in [0.29, 0.717) is 23.9 Å². The molecule has 6 heteroatoms. The van der Waals surface area contributed by atoms with E-state index in [4.69, 9.17) is 14.3 Å². The monoisotopic (exact) mass is 450 g/mol. The van der Waals surface area contributed by atoms with Crippen molar-refractivity contribution >= 4 is 17.1 Å². The highest BCUT2D eigenvalue weighted by atomic mass is 16.5. The van der Waals surface area contributed by atoms with E-state index in [9.17, 15) is 4.79 Å². The van der Waals surface area contributed by atoms with Crippen LogP contribution in [0.5, 0.6) is 5.88 Å². The van der Waals surface area contributed by atoms with Crippen molar-refractivity contribution in [1.82, 2.24) is 9.97 Å². The number of fused-ring (bicyclic) bond motifs is 1. The average Bonchev–Trinajstić information content (AvgIpc) is 3.23. The SMILES string of the molecule is CCC1CCC(c2c(-c3ccccc3)oc3ncnc(O[C@H](C)CCCCC(=O)O)c23)CC1. The highest BCUT2D eigenvalue weighted by Crippen LogP contribution is 2.47. The van der Waals surface area contributed by atoms with Gasteiger partial charge in [-0.2, -0.15) is 0 Å². The van der Waals surface area contributed by atoms with Crippen LogP contribution in [-0.2, 0) is 4.79 Å². The van der Waals surface area contributed by atoms with Crippen LogP contribution in [0.15, 0.2) is 41.1 Å². The smallest absolute Gasteiger partial charge is 0.303 e. The molecule has 176 valence electrons. The van der Waals surface area contributed by atoms with E-state index >= 15 is 0 Å². The van der Waals surface area contributed by atoms with Crippen LogP contribution < -0.4 is 4.74 Å². The van der Waals surface area contributed by atoms with Crippen molar-refractivity contribution in [1.29, 1.82) is 0 Å². The van der Waals surface area contributed by atoms with E-state index in [0.717, 1.165) is 48.3 Å². The van der Waals surface area contributed by atoms with Gasteiger partial charge >= 0.3 is 5.97 Å². The van der Waals surface area contributed by atoms with Gasteiger partial charge in [0.05, 0.1) is 6.10 Å². The zero-order chi connectivity index (χ0) is 23.2. The number of ether oxygens (including phenoxy) is 1. The molecule has 4 rings (SSSR count). The Hall–Kier alpha value is -2.89. The molecular formula is C27H34N2O4. The minimum absolute atomic E-state index is 0.0735. The summed E-state index contributed by atoms with van der Waals surface area (Å²) in [5.74, 6) is 1.89. The third-order valence-corrected chi connectivity index (χ3v) is 6.92. The molecule has 2 aromatic heterocycles. The molecule has 6 nitrogen and oxygen atoms in total. The molecular weight excluding hydrogens is 416 g/mol. The lowest BCUT2D eigenvalue weighted by Gasteiger charge is -2.28. The normalized spacial score (nSPS) is 19.5. The summed E-state index contributed by atoms with van der Waals surface area (Å²) in [7, 11) is 0. The molecule has 1 atom stereocenters. The van der Waals surface area contributed by atoms with Gasteiger partial charge in [0, 0.05) is 17.5 Å². The molecule has 3 aromatic rings. The van der Waals surface area contributed by atoms with Crippen LogP contribution in [0.4, 0.5) is 0 Å². The van der Waals surface area contributed by atoms with Gasteiger partial charge in [0.15, 0.2) is 0 Å². The first-order valence-corrected chi connectivity index (χ1v) is 12.3. The fourth-order valence-corrected chi connectivity index (χ4v) is 5.03. The second kappa shape index (κ2) is 10.8. The number of hydrogen-bond donors (Lipinski definition) is 1. The Kier molecular flexibility index (Phi) is 7.63. The number of benzene rings is 1. The van der Waals surface area contributed by atoms with E-state index in [-0.39, 0.29) is 12.5 Å². The summed E-state index contributed by atoms with van der Waals surface area (Å²) in [5.41, 5.74) is 2.81. The topological polar surface area (TPSA) is 85.5 Å². The number of carboxylic acids is 1. The Balaban J connectivity index is 1.66. The molecule has 1 fully saturated rings. The summed E-state index contributed by atoms with van der Waals surface area (Å²) in [6, 6.07) is 10.2. The van der Waals surface area contributed by atoms with Gasteiger partial charge in [0.1, 0.15) is 17.5 Å². The standard InChI is InChI=1S/C27H34N2O4/c1-3-19-13-15-20(16-14-19)23-24-26(32-18(2)9-7-8-12-22(30)31)28-17-29-27(24)33-25(23)21-10-5-4-6-11-21/h4-6,10-11,17-20H,3,7-9,12-16H2,1-2H3,(H,30,31)/t18-,19?,20?/m1/s1. The van der Waals surface area contributed by atoms with Crippen molar-refractivity contribution < 1.29 is 19.1 Å². The van der Waals surface area contributed by atoms with Gasteiger partial charge in [-0.1, -0.05) is 43.7 Å². The highest BCUT2D eigenvalue weighted by molar-refractivity contribution is 5.90. The number of rotatable bonds is 10. The van der Waals surface area contributed by atoms with Gasteiger partial charge in [-0.25, -0.2) is 9.97 Å². The zero-order valence-corrected chi connectivity index (χ0v) is 19.6. The molecule has 2 heterocycles. The molecule has 1 aliphatic carbocycles. The fraction of sp³-hybridized carbons (Fsp3) is 0.519. The summed E-state index contributed by atoms with van der Waals surface area (Å²) in [5, 5.41) is 9.75. The van der Waals surface area contributed by atoms with Gasteiger partial charge < -0.3 is 14.3 Å². The molecule has 1 aliphatic rings. The second-order valence-electron chi connectivity index (χ2n) is 9.26.